The van der Waals surface area contributed by atoms with Gasteiger partial charge in [0.25, 0.3) is 0 Å². The smallest absolute Gasteiger partial charge is 0.191 e. The van der Waals surface area contributed by atoms with Crippen molar-refractivity contribution in [1.82, 2.24) is 15.6 Å². The summed E-state index contributed by atoms with van der Waals surface area (Å²) in [7, 11) is 1.73. The van der Waals surface area contributed by atoms with Gasteiger partial charge in [0.15, 0.2) is 5.96 Å². The van der Waals surface area contributed by atoms with Gasteiger partial charge in [-0.25, -0.2) is 4.98 Å². The van der Waals surface area contributed by atoms with E-state index in [1.807, 2.05) is 12.1 Å². The Hall–Kier alpha value is -1.30. The number of nitrogens with one attached hydrogen (secondary N) is 2. The van der Waals surface area contributed by atoms with Crippen molar-refractivity contribution in [2.75, 3.05) is 7.05 Å². The summed E-state index contributed by atoms with van der Waals surface area (Å²) in [5.41, 5.74) is 1.99. The molecule has 0 aliphatic heterocycles. The minimum Gasteiger partial charge on any atom is -0.352 e. The van der Waals surface area contributed by atoms with E-state index in [-0.39, 0.29) is 0 Å². The zero-order valence-corrected chi connectivity index (χ0v) is 14.8. The lowest BCUT2D eigenvalue weighted by molar-refractivity contribution is 0.795. The quantitative estimate of drug-likeness (QED) is 0.631. The number of thiazole rings is 1. The summed E-state index contributed by atoms with van der Waals surface area (Å²) in [6.45, 7) is 3.32. The molecule has 7 heteroatoms. The fourth-order valence-electron chi connectivity index (χ4n) is 1.83. The van der Waals surface area contributed by atoms with Gasteiger partial charge in [0.2, 0.25) is 0 Å². The van der Waals surface area contributed by atoms with E-state index in [1.54, 1.807) is 24.5 Å². The number of aliphatic imine (C=N–C) groups is 1. The van der Waals surface area contributed by atoms with Crippen LogP contribution in [0.4, 0.5) is 0 Å². The first-order chi connectivity index (χ1) is 10.6. The molecule has 2 N–H and O–H groups in total. The van der Waals surface area contributed by atoms with Crippen LogP contribution in [0, 0.1) is 0 Å². The van der Waals surface area contributed by atoms with Crippen molar-refractivity contribution in [3.8, 4) is 0 Å². The lowest BCUT2D eigenvalue weighted by Gasteiger charge is -2.12. The molecule has 0 bridgehead atoms. The molecule has 22 heavy (non-hydrogen) atoms. The molecule has 0 fully saturated rings. The predicted molar refractivity (Wildman–Crippen MR) is 95.0 cm³/mol. The first-order valence-corrected chi connectivity index (χ1v) is 8.57. The molecule has 1 heterocycles. The molecule has 0 saturated heterocycles. The third-order valence-electron chi connectivity index (χ3n) is 3.02. The molecule has 0 amide bonds. The van der Waals surface area contributed by atoms with Gasteiger partial charge in [-0.3, -0.25) is 4.99 Å². The number of hydrogen-bond donors (Lipinski definition) is 2. The molecule has 0 aliphatic carbocycles. The Morgan fingerprint density at radius 3 is 2.68 bits per heavy atom. The van der Waals surface area contributed by atoms with Crippen molar-refractivity contribution in [2.45, 2.75) is 26.4 Å². The summed E-state index contributed by atoms with van der Waals surface area (Å²) < 4.78 is 0. The molecule has 1 aromatic heterocycles. The monoisotopic (exact) mass is 356 g/mol. The van der Waals surface area contributed by atoms with Gasteiger partial charge in [0.1, 0.15) is 0 Å². The second kappa shape index (κ2) is 8.36. The topological polar surface area (TPSA) is 49.3 Å². The van der Waals surface area contributed by atoms with Gasteiger partial charge in [0, 0.05) is 29.0 Å². The summed E-state index contributed by atoms with van der Waals surface area (Å²) in [4.78, 5) is 8.71. The van der Waals surface area contributed by atoms with Crippen molar-refractivity contribution in [3.63, 3.8) is 0 Å². The van der Waals surface area contributed by atoms with Crippen LogP contribution in [0.5, 0.6) is 0 Å². The Morgan fingerprint density at radius 1 is 1.27 bits per heavy atom. The third-order valence-corrected chi connectivity index (χ3v) is 4.65. The molecule has 2 aromatic rings. The molecular weight excluding hydrogens is 339 g/mol. The van der Waals surface area contributed by atoms with Crippen molar-refractivity contribution in [2.24, 2.45) is 4.99 Å². The largest absolute Gasteiger partial charge is 0.352 e. The minimum atomic E-state index is 0.576. The number of guanidine groups is 1. The lowest BCUT2D eigenvalue weighted by atomic mass is 10.2. The van der Waals surface area contributed by atoms with E-state index in [0.29, 0.717) is 29.1 Å². The number of rotatable bonds is 5. The van der Waals surface area contributed by atoms with Crippen LogP contribution >= 0.6 is 34.5 Å². The number of hydrogen-bond acceptors (Lipinski definition) is 3. The van der Waals surface area contributed by atoms with Crippen LogP contribution in [0.25, 0.3) is 0 Å². The van der Waals surface area contributed by atoms with E-state index in [2.05, 4.69) is 32.9 Å². The highest BCUT2D eigenvalue weighted by molar-refractivity contribution is 7.09. The summed E-state index contributed by atoms with van der Waals surface area (Å²) in [5, 5.41) is 10.9. The Labute approximate surface area is 144 Å². The summed E-state index contributed by atoms with van der Waals surface area (Å²) in [5.74, 6) is 0.706. The van der Waals surface area contributed by atoms with E-state index in [9.17, 15) is 0 Å². The summed E-state index contributed by atoms with van der Waals surface area (Å²) >= 11 is 13.7. The molecule has 118 valence electrons. The number of benzene rings is 1. The SMILES string of the molecule is CCc1nc(CNC(=NC)NCc2ccc(Cl)cc2Cl)cs1. The van der Waals surface area contributed by atoms with Gasteiger partial charge < -0.3 is 10.6 Å². The Balaban J connectivity index is 1.87. The summed E-state index contributed by atoms with van der Waals surface area (Å²) in [6, 6.07) is 5.46. The van der Waals surface area contributed by atoms with E-state index < -0.39 is 0 Å². The van der Waals surface area contributed by atoms with Gasteiger partial charge in [-0.1, -0.05) is 36.2 Å². The second-order valence-electron chi connectivity index (χ2n) is 4.60. The Morgan fingerprint density at radius 2 is 2.05 bits per heavy atom. The van der Waals surface area contributed by atoms with E-state index in [4.69, 9.17) is 23.2 Å². The van der Waals surface area contributed by atoms with Crippen LogP contribution in [-0.4, -0.2) is 18.0 Å². The average molecular weight is 357 g/mol. The van der Waals surface area contributed by atoms with Crippen LogP contribution in [0.2, 0.25) is 10.0 Å². The Kier molecular flexibility index (Phi) is 6.49. The molecule has 0 saturated carbocycles. The molecule has 4 nitrogen and oxygen atoms in total. The van der Waals surface area contributed by atoms with E-state index in [0.717, 1.165) is 22.7 Å². The maximum Gasteiger partial charge on any atom is 0.191 e. The molecule has 0 unspecified atom stereocenters. The normalized spacial score (nSPS) is 11.5. The number of aryl methyl sites for hydroxylation is 1. The molecule has 2 rings (SSSR count). The fourth-order valence-corrected chi connectivity index (χ4v) is 3.05. The Bertz CT molecular complexity index is 655. The molecule has 0 radical (unpaired) electrons. The molecular formula is C15H18Cl2N4S. The average Bonchev–Trinajstić information content (AvgIpc) is 2.97. The number of nitrogens with zero attached hydrogens (tertiary/aromatic N) is 2. The first kappa shape index (κ1) is 17.1. The zero-order chi connectivity index (χ0) is 15.9. The van der Waals surface area contributed by atoms with Crippen molar-refractivity contribution in [3.05, 3.63) is 49.9 Å². The zero-order valence-electron chi connectivity index (χ0n) is 12.5. The van der Waals surface area contributed by atoms with Crippen molar-refractivity contribution >= 4 is 40.5 Å². The molecule has 0 atom stereocenters. The van der Waals surface area contributed by atoms with Gasteiger partial charge >= 0.3 is 0 Å². The second-order valence-corrected chi connectivity index (χ2v) is 6.39. The number of halogens is 2. The van der Waals surface area contributed by atoms with Gasteiger partial charge in [-0.05, 0) is 24.1 Å². The maximum atomic E-state index is 6.15. The highest BCUT2D eigenvalue weighted by atomic mass is 35.5. The van der Waals surface area contributed by atoms with Crippen LogP contribution in [0.1, 0.15) is 23.2 Å². The highest BCUT2D eigenvalue weighted by Crippen LogP contribution is 2.20. The van der Waals surface area contributed by atoms with Crippen LogP contribution in [-0.2, 0) is 19.5 Å². The molecule has 0 spiro atoms. The molecule has 1 aromatic carbocycles. The van der Waals surface area contributed by atoms with Gasteiger partial charge in [-0.15, -0.1) is 11.3 Å². The van der Waals surface area contributed by atoms with Crippen molar-refractivity contribution in [1.29, 1.82) is 0 Å². The number of aromatic nitrogens is 1. The van der Waals surface area contributed by atoms with Crippen LogP contribution in [0.15, 0.2) is 28.6 Å². The van der Waals surface area contributed by atoms with E-state index >= 15 is 0 Å². The van der Waals surface area contributed by atoms with Gasteiger partial charge in [0.05, 0.1) is 17.2 Å². The third kappa shape index (κ3) is 4.87. The minimum absolute atomic E-state index is 0.576. The van der Waals surface area contributed by atoms with Crippen LogP contribution in [0.3, 0.4) is 0 Å². The standard InChI is InChI=1S/C15H18Cl2N4S/c1-3-14-21-12(9-22-14)8-20-15(18-2)19-7-10-4-5-11(16)6-13(10)17/h4-6,9H,3,7-8H2,1-2H3,(H2,18,19,20). The van der Waals surface area contributed by atoms with Gasteiger partial charge in [-0.2, -0.15) is 0 Å². The van der Waals surface area contributed by atoms with E-state index in [1.165, 1.54) is 0 Å². The first-order valence-electron chi connectivity index (χ1n) is 6.94. The summed E-state index contributed by atoms with van der Waals surface area (Å²) in [6.07, 6.45) is 0.965. The maximum absolute atomic E-state index is 6.15. The highest BCUT2D eigenvalue weighted by Gasteiger charge is 2.05. The molecule has 0 aliphatic rings. The fraction of sp³-hybridized carbons (Fsp3) is 0.333. The van der Waals surface area contributed by atoms with Crippen molar-refractivity contribution < 1.29 is 0 Å². The predicted octanol–water partition coefficient (Wildman–Crippen LogP) is 3.88. The lowest BCUT2D eigenvalue weighted by Crippen LogP contribution is -2.36. The van der Waals surface area contributed by atoms with Crippen LogP contribution < -0.4 is 10.6 Å².